The molecule has 36 heavy (non-hydrogen) atoms. The summed E-state index contributed by atoms with van der Waals surface area (Å²) < 4.78 is 43.4. The molecule has 0 saturated carbocycles. The van der Waals surface area contributed by atoms with E-state index in [1.54, 1.807) is 22.5 Å². The van der Waals surface area contributed by atoms with Crippen LogP contribution >= 0.6 is 0 Å². The zero-order chi connectivity index (χ0) is 26.6. The van der Waals surface area contributed by atoms with Gasteiger partial charge in [0.15, 0.2) is 5.78 Å². The summed E-state index contributed by atoms with van der Waals surface area (Å²) in [7, 11) is 0. The van der Waals surface area contributed by atoms with Gasteiger partial charge in [-0.05, 0) is 44.5 Å². The summed E-state index contributed by atoms with van der Waals surface area (Å²) in [6.07, 6.45) is -4.83. The number of ether oxygens (including phenoxy) is 1. The van der Waals surface area contributed by atoms with Crippen LogP contribution < -0.4 is 15.8 Å². The van der Waals surface area contributed by atoms with Crippen LogP contribution in [-0.4, -0.2) is 77.2 Å². The Morgan fingerprint density at radius 1 is 1.11 bits per heavy atom. The Kier molecular flexibility index (Phi) is 8.28. The molecular weight excluding hydrogens is 479 g/mol. The van der Waals surface area contributed by atoms with E-state index in [9.17, 15) is 27.6 Å². The SMILES string of the molecule is Cc1c(C(N)=O)cc(C(=O)CN2CCN(C(=O)NC(C)C)CC2)n1Cc1cccc(OC(F)(F)F)c1. The predicted octanol–water partition coefficient (Wildman–Crippen LogP) is 2.76. The van der Waals surface area contributed by atoms with Gasteiger partial charge in [-0.15, -0.1) is 13.2 Å². The average molecular weight is 510 g/mol. The van der Waals surface area contributed by atoms with Gasteiger partial charge in [0.2, 0.25) is 0 Å². The van der Waals surface area contributed by atoms with Gasteiger partial charge in [-0.3, -0.25) is 14.5 Å². The number of hydrogen-bond acceptors (Lipinski definition) is 5. The normalized spacial score (nSPS) is 14.7. The highest BCUT2D eigenvalue weighted by Gasteiger charge is 2.31. The number of nitrogens with two attached hydrogens (primary N) is 1. The third kappa shape index (κ3) is 7.00. The summed E-state index contributed by atoms with van der Waals surface area (Å²) in [6.45, 7) is 7.39. The van der Waals surface area contributed by atoms with Gasteiger partial charge in [-0.25, -0.2) is 4.79 Å². The number of piperazine rings is 1. The number of hydrogen-bond donors (Lipinski definition) is 2. The summed E-state index contributed by atoms with van der Waals surface area (Å²) in [4.78, 5) is 41.0. The summed E-state index contributed by atoms with van der Waals surface area (Å²) >= 11 is 0. The fourth-order valence-electron chi connectivity index (χ4n) is 4.08. The van der Waals surface area contributed by atoms with Crippen molar-refractivity contribution in [3.05, 3.63) is 52.8 Å². The van der Waals surface area contributed by atoms with Crippen LogP contribution in [0.3, 0.4) is 0 Å². The zero-order valence-corrected chi connectivity index (χ0v) is 20.4. The number of carbonyl (C=O) groups excluding carboxylic acids is 3. The molecule has 3 rings (SSSR count). The third-order valence-corrected chi connectivity index (χ3v) is 5.83. The van der Waals surface area contributed by atoms with Crippen molar-refractivity contribution in [1.82, 2.24) is 19.7 Å². The summed E-state index contributed by atoms with van der Waals surface area (Å²) in [5.74, 6) is -1.36. The van der Waals surface area contributed by atoms with E-state index in [2.05, 4.69) is 10.1 Å². The highest BCUT2D eigenvalue weighted by Crippen LogP contribution is 2.25. The van der Waals surface area contributed by atoms with Crippen LogP contribution in [0.15, 0.2) is 30.3 Å². The molecular formula is C24H30F3N5O4. The molecule has 0 aliphatic carbocycles. The van der Waals surface area contributed by atoms with Crippen molar-refractivity contribution >= 4 is 17.7 Å². The fourth-order valence-corrected chi connectivity index (χ4v) is 4.08. The van der Waals surface area contributed by atoms with Crippen molar-refractivity contribution in [2.24, 2.45) is 5.73 Å². The largest absolute Gasteiger partial charge is 0.573 e. The summed E-state index contributed by atoms with van der Waals surface area (Å²) in [5.41, 5.74) is 6.76. The van der Waals surface area contributed by atoms with Gasteiger partial charge in [0, 0.05) is 44.5 Å². The Bertz CT molecular complexity index is 1120. The van der Waals surface area contributed by atoms with E-state index in [4.69, 9.17) is 5.73 Å². The molecule has 0 radical (unpaired) electrons. The lowest BCUT2D eigenvalue weighted by Crippen LogP contribution is -2.53. The monoisotopic (exact) mass is 509 g/mol. The van der Waals surface area contributed by atoms with Crippen molar-refractivity contribution in [2.75, 3.05) is 32.7 Å². The molecule has 3 amide bonds. The molecule has 1 aliphatic heterocycles. The van der Waals surface area contributed by atoms with E-state index >= 15 is 0 Å². The number of alkyl halides is 3. The highest BCUT2D eigenvalue weighted by atomic mass is 19.4. The number of carbonyl (C=O) groups is 3. The number of ketones is 1. The molecule has 3 N–H and O–H groups in total. The molecule has 1 aromatic carbocycles. The molecule has 1 aromatic heterocycles. The van der Waals surface area contributed by atoms with Gasteiger partial charge in [0.05, 0.1) is 17.8 Å². The maximum atomic E-state index is 13.2. The molecule has 0 bridgehead atoms. The van der Waals surface area contributed by atoms with Gasteiger partial charge in [-0.2, -0.15) is 0 Å². The second kappa shape index (κ2) is 11.0. The van der Waals surface area contributed by atoms with Crippen molar-refractivity contribution in [2.45, 2.75) is 39.7 Å². The molecule has 1 saturated heterocycles. The van der Waals surface area contributed by atoms with E-state index in [0.717, 1.165) is 0 Å². The Hall–Kier alpha value is -3.54. The second-order valence-corrected chi connectivity index (χ2v) is 8.96. The number of amides is 3. The minimum atomic E-state index is -4.83. The standard InChI is InChI=1S/C24H30F3N5O4/c1-15(2)29-23(35)31-9-7-30(8-10-31)14-21(33)20-12-19(22(28)34)16(3)32(20)13-17-5-4-6-18(11-17)36-24(25,26)27/h4-6,11-12,15H,7-10,13-14H2,1-3H3,(H2,28,34)(H,29,35). The lowest BCUT2D eigenvalue weighted by Gasteiger charge is -2.34. The molecule has 0 atom stereocenters. The van der Waals surface area contributed by atoms with E-state index in [1.807, 2.05) is 18.7 Å². The van der Waals surface area contributed by atoms with E-state index in [0.29, 0.717) is 37.4 Å². The Balaban J connectivity index is 1.76. The first kappa shape index (κ1) is 27.1. The first-order valence-corrected chi connectivity index (χ1v) is 11.5. The molecule has 1 aliphatic rings. The number of urea groups is 1. The first-order chi connectivity index (χ1) is 16.8. The highest BCUT2D eigenvalue weighted by molar-refractivity contribution is 6.01. The minimum absolute atomic E-state index is 0.0216. The topological polar surface area (TPSA) is 110 Å². The molecule has 12 heteroatoms. The Morgan fingerprint density at radius 2 is 1.78 bits per heavy atom. The van der Waals surface area contributed by atoms with Crippen LogP contribution in [0.5, 0.6) is 5.75 Å². The minimum Gasteiger partial charge on any atom is -0.406 e. The van der Waals surface area contributed by atoms with Crippen LogP contribution in [-0.2, 0) is 6.54 Å². The van der Waals surface area contributed by atoms with Crippen LogP contribution in [0.2, 0.25) is 0 Å². The maximum Gasteiger partial charge on any atom is 0.573 e. The molecule has 9 nitrogen and oxygen atoms in total. The fraction of sp³-hybridized carbons (Fsp3) is 0.458. The molecule has 0 spiro atoms. The average Bonchev–Trinajstić information content (AvgIpc) is 3.09. The van der Waals surface area contributed by atoms with E-state index in [1.165, 1.54) is 24.3 Å². The first-order valence-electron chi connectivity index (χ1n) is 11.5. The number of rotatable bonds is 8. The zero-order valence-electron chi connectivity index (χ0n) is 20.4. The van der Waals surface area contributed by atoms with Crippen LogP contribution in [0.25, 0.3) is 0 Å². The number of nitrogens with zero attached hydrogens (tertiary/aromatic N) is 3. The lowest BCUT2D eigenvalue weighted by molar-refractivity contribution is -0.274. The van der Waals surface area contributed by atoms with Gasteiger partial charge < -0.3 is 25.3 Å². The number of Topliss-reactive ketones (excluding diaryl/α,β-unsaturated/α-hetero) is 1. The van der Waals surface area contributed by atoms with Gasteiger partial charge >= 0.3 is 12.4 Å². The van der Waals surface area contributed by atoms with Crippen molar-refractivity contribution in [1.29, 1.82) is 0 Å². The summed E-state index contributed by atoms with van der Waals surface area (Å²) in [6, 6.07) is 6.72. The molecule has 196 valence electrons. The van der Waals surface area contributed by atoms with Gasteiger partial charge in [-0.1, -0.05) is 12.1 Å². The Labute approximate surface area is 207 Å². The van der Waals surface area contributed by atoms with Crippen molar-refractivity contribution in [3.63, 3.8) is 0 Å². The van der Waals surface area contributed by atoms with Gasteiger partial charge in [0.25, 0.3) is 5.91 Å². The van der Waals surface area contributed by atoms with Crippen LogP contribution in [0, 0.1) is 6.92 Å². The van der Waals surface area contributed by atoms with Crippen LogP contribution in [0.1, 0.15) is 46.0 Å². The van der Waals surface area contributed by atoms with E-state index in [-0.39, 0.29) is 48.0 Å². The maximum absolute atomic E-state index is 13.2. The lowest BCUT2D eigenvalue weighted by atomic mass is 10.2. The molecule has 2 aromatic rings. The van der Waals surface area contributed by atoms with Crippen LogP contribution in [0.4, 0.5) is 18.0 Å². The Morgan fingerprint density at radius 3 is 2.36 bits per heavy atom. The van der Waals surface area contributed by atoms with E-state index < -0.39 is 12.3 Å². The number of benzene rings is 1. The smallest absolute Gasteiger partial charge is 0.406 e. The molecule has 1 fully saturated rings. The molecule has 2 heterocycles. The second-order valence-electron chi connectivity index (χ2n) is 8.96. The number of halogens is 3. The number of aromatic nitrogens is 1. The number of nitrogens with one attached hydrogen (secondary N) is 1. The quantitative estimate of drug-likeness (QED) is 0.532. The number of primary amides is 1. The molecule has 0 unspecified atom stereocenters. The van der Waals surface area contributed by atoms with Gasteiger partial charge in [0.1, 0.15) is 5.75 Å². The van der Waals surface area contributed by atoms with Crippen molar-refractivity contribution < 1.29 is 32.3 Å². The summed E-state index contributed by atoms with van der Waals surface area (Å²) in [5, 5.41) is 2.84. The van der Waals surface area contributed by atoms with Crippen molar-refractivity contribution in [3.8, 4) is 5.75 Å². The third-order valence-electron chi connectivity index (χ3n) is 5.83. The predicted molar refractivity (Wildman–Crippen MR) is 126 cm³/mol.